The zero-order chi connectivity index (χ0) is 10.2. The van der Waals surface area contributed by atoms with Gasteiger partial charge in [-0.25, -0.2) is 0 Å². The Labute approximate surface area is 83.9 Å². The molecule has 2 nitrogen and oxygen atoms in total. The van der Waals surface area contributed by atoms with Gasteiger partial charge in [-0.1, -0.05) is 48.1 Å². The van der Waals surface area contributed by atoms with Gasteiger partial charge in [-0.15, -0.1) is 0 Å². The van der Waals surface area contributed by atoms with Gasteiger partial charge in [0.1, 0.15) is 0 Å². The van der Waals surface area contributed by atoms with Gasteiger partial charge in [0, 0.05) is 0 Å². The lowest BCUT2D eigenvalue weighted by Crippen LogP contribution is -1.89. The lowest BCUT2D eigenvalue weighted by Gasteiger charge is -1.97. The normalized spacial score (nSPS) is 15.6. The molecule has 0 unspecified atom stereocenters. The second-order valence-electron chi connectivity index (χ2n) is 3.12. The third-order valence-corrected chi connectivity index (χ3v) is 1.91. The minimum Gasteiger partial charge on any atom is -0.481 e. The molecule has 0 radical (unpaired) electrons. The SMILES string of the molecule is O=C(O)C/C=C/CC1=CC=CC=CC1. The molecule has 0 aromatic rings. The van der Waals surface area contributed by atoms with E-state index in [-0.39, 0.29) is 6.42 Å². The smallest absolute Gasteiger partial charge is 0.307 e. The number of carboxylic acids is 1. The summed E-state index contributed by atoms with van der Waals surface area (Å²) in [5, 5.41) is 8.41. The van der Waals surface area contributed by atoms with E-state index >= 15 is 0 Å². The summed E-state index contributed by atoms with van der Waals surface area (Å²) in [6, 6.07) is 0. The van der Waals surface area contributed by atoms with Crippen LogP contribution in [-0.4, -0.2) is 11.1 Å². The molecule has 1 N–H and O–H groups in total. The summed E-state index contributed by atoms with van der Waals surface area (Å²) in [5.41, 5.74) is 1.30. The first-order chi connectivity index (χ1) is 6.79. The quantitative estimate of drug-likeness (QED) is 0.692. The summed E-state index contributed by atoms with van der Waals surface area (Å²) >= 11 is 0. The highest BCUT2D eigenvalue weighted by Gasteiger charge is 1.93. The molecule has 14 heavy (non-hydrogen) atoms. The fourth-order valence-corrected chi connectivity index (χ4v) is 1.19. The number of hydrogen-bond acceptors (Lipinski definition) is 1. The van der Waals surface area contributed by atoms with Crippen LogP contribution in [-0.2, 0) is 4.79 Å². The van der Waals surface area contributed by atoms with E-state index in [1.807, 2.05) is 24.3 Å². The highest BCUT2D eigenvalue weighted by molar-refractivity contribution is 5.68. The Kier molecular flexibility index (Phi) is 4.48. The van der Waals surface area contributed by atoms with Crippen molar-refractivity contribution in [2.75, 3.05) is 0 Å². The van der Waals surface area contributed by atoms with E-state index in [1.54, 1.807) is 6.08 Å². The highest BCUT2D eigenvalue weighted by Crippen LogP contribution is 2.11. The van der Waals surface area contributed by atoms with Crippen molar-refractivity contribution in [3.05, 3.63) is 48.1 Å². The van der Waals surface area contributed by atoms with Crippen molar-refractivity contribution in [1.82, 2.24) is 0 Å². The number of rotatable bonds is 4. The van der Waals surface area contributed by atoms with E-state index in [0.29, 0.717) is 0 Å². The minimum absolute atomic E-state index is 0.110. The van der Waals surface area contributed by atoms with Crippen molar-refractivity contribution < 1.29 is 9.90 Å². The van der Waals surface area contributed by atoms with Crippen LogP contribution in [0.1, 0.15) is 19.3 Å². The first-order valence-electron chi connectivity index (χ1n) is 4.67. The zero-order valence-electron chi connectivity index (χ0n) is 8.02. The topological polar surface area (TPSA) is 37.3 Å². The molecule has 1 aliphatic carbocycles. The first-order valence-corrected chi connectivity index (χ1v) is 4.67. The number of carboxylic acid groups (broad SMARTS) is 1. The van der Waals surface area contributed by atoms with Crippen LogP contribution in [0.3, 0.4) is 0 Å². The van der Waals surface area contributed by atoms with Gasteiger partial charge in [-0.3, -0.25) is 4.79 Å². The van der Waals surface area contributed by atoms with Gasteiger partial charge in [0.2, 0.25) is 0 Å². The van der Waals surface area contributed by atoms with E-state index in [2.05, 4.69) is 12.2 Å². The van der Waals surface area contributed by atoms with Gasteiger partial charge in [0.15, 0.2) is 0 Å². The molecule has 1 rings (SSSR count). The molecule has 0 amide bonds. The predicted octanol–water partition coefficient (Wildman–Crippen LogP) is 2.85. The Morgan fingerprint density at radius 3 is 3.00 bits per heavy atom. The number of carbonyl (C=O) groups is 1. The Balaban J connectivity index is 2.34. The van der Waals surface area contributed by atoms with Crippen LogP contribution in [0.4, 0.5) is 0 Å². The fraction of sp³-hybridized carbons (Fsp3) is 0.250. The summed E-state index contributed by atoms with van der Waals surface area (Å²) in [5.74, 6) is -0.782. The molecule has 0 aromatic carbocycles. The van der Waals surface area contributed by atoms with E-state index in [1.165, 1.54) is 5.57 Å². The number of aliphatic carboxylic acids is 1. The number of hydrogen-bond donors (Lipinski definition) is 1. The molecular weight excluding hydrogens is 176 g/mol. The van der Waals surface area contributed by atoms with Gasteiger partial charge in [0.05, 0.1) is 6.42 Å². The van der Waals surface area contributed by atoms with Crippen molar-refractivity contribution in [2.45, 2.75) is 19.3 Å². The lowest BCUT2D eigenvalue weighted by molar-refractivity contribution is -0.136. The second kappa shape index (κ2) is 5.97. The molecule has 0 fully saturated rings. The number of allylic oxidation sites excluding steroid dienone is 7. The second-order valence-corrected chi connectivity index (χ2v) is 3.12. The van der Waals surface area contributed by atoms with Gasteiger partial charge < -0.3 is 5.11 Å². The predicted molar refractivity (Wildman–Crippen MR) is 57.0 cm³/mol. The van der Waals surface area contributed by atoms with Crippen molar-refractivity contribution in [3.63, 3.8) is 0 Å². The zero-order valence-corrected chi connectivity index (χ0v) is 8.02. The van der Waals surface area contributed by atoms with Crippen molar-refractivity contribution in [2.24, 2.45) is 0 Å². The van der Waals surface area contributed by atoms with Crippen LogP contribution in [0.2, 0.25) is 0 Å². The van der Waals surface area contributed by atoms with Crippen molar-refractivity contribution in [3.8, 4) is 0 Å². The fourth-order valence-electron chi connectivity index (χ4n) is 1.19. The van der Waals surface area contributed by atoms with E-state index in [9.17, 15) is 4.79 Å². The maximum absolute atomic E-state index is 10.2. The first kappa shape index (κ1) is 10.5. The molecule has 0 aromatic heterocycles. The van der Waals surface area contributed by atoms with Crippen LogP contribution in [0.15, 0.2) is 48.1 Å². The summed E-state index contributed by atoms with van der Waals surface area (Å²) in [7, 11) is 0. The van der Waals surface area contributed by atoms with Gasteiger partial charge >= 0.3 is 5.97 Å². The molecule has 2 heteroatoms. The van der Waals surface area contributed by atoms with Crippen LogP contribution < -0.4 is 0 Å². The summed E-state index contributed by atoms with van der Waals surface area (Å²) < 4.78 is 0. The Bertz CT molecular complexity index is 306. The third kappa shape index (κ3) is 4.45. The minimum atomic E-state index is -0.782. The van der Waals surface area contributed by atoms with Crippen molar-refractivity contribution in [1.29, 1.82) is 0 Å². The van der Waals surface area contributed by atoms with Crippen LogP contribution in [0.25, 0.3) is 0 Å². The Morgan fingerprint density at radius 2 is 2.21 bits per heavy atom. The maximum atomic E-state index is 10.2. The Morgan fingerprint density at radius 1 is 1.36 bits per heavy atom. The van der Waals surface area contributed by atoms with Gasteiger partial charge in [0.25, 0.3) is 0 Å². The molecule has 1 aliphatic rings. The third-order valence-electron chi connectivity index (χ3n) is 1.91. The van der Waals surface area contributed by atoms with Crippen LogP contribution in [0.5, 0.6) is 0 Å². The van der Waals surface area contributed by atoms with Gasteiger partial charge in [-0.2, -0.15) is 0 Å². The molecule has 0 heterocycles. The molecule has 0 saturated heterocycles. The molecule has 0 atom stereocenters. The van der Waals surface area contributed by atoms with Crippen LogP contribution >= 0.6 is 0 Å². The molecule has 74 valence electrons. The lowest BCUT2D eigenvalue weighted by atomic mass is 10.1. The maximum Gasteiger partial charge on any atom is 0.307 e. The average molecular weight is 190 g/mol. The molecular formula is C12H14O2. The summed E-state index contributed by atoms with van der Waals surface area (Å²) in [6.07, 6.45) is 15.7. The molecule has 0 bridgehead atoms. The monoisotopic (exact) mass is 190 g/mol. The largest absolute Gasteiger partial charge is 0.481 e. The highest BCUT2D eigenvalue weighted by atomic mass is 16.4. The molecule has 0 aliphatic heterocycles. The molecule has 0 spiro atoms. The van der Waals surface area contributed by atoms with Crippen LogP contribution in [0, 0.1) is 0 Å². The summed E-state index contributed by atoms with van der Waals surface area (Å²) in [6.45, 7) is 0. The standard InChI is InChI=1S/C12H14O2/c13-12(14)10-6-5-9-11-7-3-1-2-4-8-11/h1-7H,8-10H2,(H,13,14)/b6-5+. The Hall–Kier alpha value is -1.57. The summed E-state index contributed by atoms with van der Waals surface area (Å²) in [4.78, 5) is 10.2. The average Bonchev–Trinajstić information content (AvgIpc) is 2.40. The van der Waals surface area contributed by atoms with Crippen molar-refractivity contribution >= 4 is 5.97 Å². The van der Waals surface area contributed by atoms with Gasteiger partial charge in [-0.05, 0) is 12.8 Å². The van der Waals surface area contributed by atoms with E-state index < -0.39 is 5.97 Å². The van der Waals surface area contributed by atoms with E-state index in [4.69, 9.17) is 5.11 Å². The van der Waals surface area contributed by atoms with E-state index in [0.717, 1.165) is 12.8 Å². The molecule has 0 saturated carbocycles.